The number of hydrogen-bond acceptors (Lipinski definition) is 5. The molecule has 0 saturated carbocycles. The summed E-state index contributed by atoms with van der Waals surface area (Å²) in [6.45, 7) is 2.01. The van der Waals surface area contributed by atoms with Gasteiger partial charge in [-0.05, 0) is 30.7 Å². The Morgan fingerprint density at radius 3 is 3.00 bits per heavy atom. The van der Waals surface area contributed by atoms with Gasteiger partial charge in [0.15, 0.2) is 5.13 Å². The van der Waals surface area contributed by atoms with Crippen LogP contribution in [0, 0.1) is 6.92 Å². The molecule has 0 radical (unpaired) electrons. The number of aromatic nitrogens is 1. The van der Waals surface area contributed by atoms with E-state index in [0.717, 1.165) is 21.3 Å². The van der Waals surface area contributed by atoms with Crippen molar-refractivity contribution >= 4 is 38.8 Å². The first-order chi connectivity index (χ1) is 10.6. The molecule has 0 aliphatic rings. The Bertz CT molecular complexity index is 869. The summed E-state index contributed by atoms with van der Waals surface area (Å²) in [6.07, 6.45) is 1.62. The Hall–Kier alpha value is -2.73. The zero-order chi connectivity index (χ0) is 15.5. The lowest BCUT2D eigenvalue weighted by atomic mass is 10.2. The molecule has 6 heteroatoms. The van der Waals surface area contributed by atoms with Gasteiger partial charge in [-0.15, -0.1) is 0 Å². The third kappa shape index (κ3) is 3.12. The molecular weight excluding hydrogens is 296 g/mol. The van der Waals surface area contributed by atoms with E-state index in [0.29, 0.717) is 10.7 Å². The third-order valence-electron chi connectivity index (χ3n) is 3.09. The highest BCUT2D eigenvalue weighted by atomic mass is 32.1. The van der Waals surface area contributed by atoms with Crippen molar-refractivity contribution in [2.24, 2.45) is 5.10 Å². The van der Waals surface area contributed by atoms with Gasteiger partial charge in [-0.25, -0.2) is 10.4 Å². The smallest absolute Gasteiger partial charge is 0.271 e. The first-order valence-corrected chi connectivity index (χ1v) is 7.49. The highest BCUT2D eigenvalue weighted by Crippen LogP contribution is 2.24. The Morgan fingerprint density at radius 1 is 1.32 bits per heavy atom. The van der Waals surface area contributed by atoms with Crippen LogP contribution < -0.4 is 11.2 Å². The van der Waals surface area contributed by atoms with E-state index in [1.54, 1.807) is 24.4 Å². The van der Waals surface area contributed by atoms with E-state index in [2.05, 4.69) is 15.5 Å². The van der Waals surface area contributed by atoms with E-state index in [4.69, 9.17) is 5.73 Å². The number of nitrogen functional groups attached to an aromatic ring is 1. The van der Waals surface area contributed by atoms with Gasteiger partial charge in [0, 0.05) is 5.56 Å². The maximum Gasteiger partial charge on any atom is 0.271 e. The average molecular weight is 310 g/mol. The van der Waals surface area contributed by atoms with Crippen molar-refractivity contribution in [1.82, 2.24) is 10.4 Å². The summed E-state index contributed by atoms with van der Waals surface area (Å²) in [7, 11) is 0. The zero-order valence-corrected chi connectivity index (χ0v) is 12.7. The number of thiazole rings is 1. The highest BCUT2D eigenvalue weighted by molar-refractivity contribution is 7.22. The van der Waals surface area contributed by atoms with Gasteiger partial charge < -0.3 is 5.73 Å². The maximum atomic E-state index is 12.1. The lowest BCUT2D eigenvalue weighted by molar-refractivity contribution is 0.0955. The Balaban J connectivity index is 1.72. The lowest BCUT2D eigenvalue weighted by Gasteiger charge is -2.00. The molecule has 0 aliphatic heterocycles. The molecule has 0 spiro atoms. The second-order valence-electron chi connectivity index (χ2n) is 4.85. The largest absolute Gasteiger partial charge is 0.375 e. The highest BCUT2D eigenvalue weighted by Gasteiger charge is 2.07. The van der Waals surface area contributed by atoms with Crippen LogP contribution in [0.5, 0.6) is 0 Å². The van der Waals surface area contributed by atoms with Crippen LogP contribution in [0.25, 0.3) is 10.2 Å². The normalized spacial score (nSPS) is 11.1. The summed E-state index contributed by atoms with van der Waals surface area (Å²) in [5.74, 6) is -0.266. The van der Waals surface area contributed by atoms with Gasteiger partial charge in [-0.3, -0.25) is 4.79 Å². The predicted octanol–water partition coefficient (Wildman–Crippen LogP) is 2.95. The van der Waals surface area contributed by atoms with Crippen molar-refractivity contribution in [1.29, 1.82) is 0 Å². The van der Waals surface area contributed by atoms with Crippen LogP contribution >= 0.6 is 11.3 Å². The lowest BCUT2D eigenvalue weighted by Crippen LogP contribution is -2.17. The fraction of sp³-hybridized carbons (Fsp3) is 0.0625. The molecule has 0 bridgehead atoms. The van der Waals surface area contributed by atoms with Crippen LogP contribution in [-0.4, -0.2) is 17.1 Å². The minimum atomic E-state index is -0.266. The van der Waals surface area contributed by atoms with Crippen LogP contribution in [0.4, 0.5) is 5.13 Å². The molecular formula is C16H14N4OS. The van der Waals surface area contributed by atoms with E-state index in [-0.39, 0.29) is 5.91 Å². The number of rotatable bonds is 3. The Labute approximate surface area is 131 Å². The molecule has 0 saturated heterocycles. The van der Waals surface area contributed by atoms with Crippen molar-refractivity contribution < 1.29 is 4.79 Å². The van der Waals surface area contributed by atoms with E-state index in [1.807, 2.05) is 31.2 Å². The summed E-state index contributed by atoms with van der Waals surface area (Å²) in [4.78, 5) is 16.2. The molecule has 0 unspecified atom stereocenters. The third-order valence-corrected chi connectivity index (χ3v) is 3.94. The first-order valence-electron chi connectivity index (χ1n) is 6.68. The van der Waals surface area contributed by atoms with E-state index >= 15 is 0 Å². The van der Waals surface area contributed by atoms with Gasteiger partial charge in [-0.2, -0.15) is 5.10 Å². The van der Waals surface area contributed by atoms with Crippen LogP contribution in [0.2, 0.25) is 0 Å². The van der Waals surface area contributed by atoms with Crippen LogP contribution in [0.3, 0.4) is 0 Å². The molecule has 1 aromatic heterocycles. The minimum Gasteiger partial charge on any atom is -0.375 e. The van der Waals surface area contributed by atoms with E-state index in [1.165, 1.54) is 11.3 Å². The average Bonchev–Trinajstić information content (AvgIpc) is 2.86. The summed E-state index contributed by atoms with van der Waals surface area (Å²) in [6, 6.07) is 13.1. The summed E-state index contributed by atoms with van der Waals surface area (Å²) in [5, 5.41) is 4.47. The summed E-state index contributed by atoms with van der Waals surface area (Å²) in [5.41, 5.74) is 11.6. The van der Waals surface area contributed by atoms with Crippen molar-refractivity contribution in [2.75, 3.05) is 5.73 Å². The number of benzene rings is 2. The van der Waals surface area contributed by atoms with Crippen molar-refractivity contribution in [3.63, 3.8) is 0 Å². The molecule has 0 fully saturated rings. The number of anilines is 1. The number of hydrogen-bond donors (Lipinski definition) is 2. The van der Waals surface area contributed by atoms with Crippen molar-refractivity contribution in [3.8, 4) is 0 Å². The second kappa shape index (κ2) is 5.95. The SMILES string of the molecule is Cc1cccc(/C=N\NC(=O)c2ccc3nc(N)sc3c2)c1. The number of amides is 1. The van der Waals surface area contributed by atoms with E-state index in [9.17, 15) is 4.79 Å². The molecule has 22 heavy (non-hydrogen) atoms. The minimum absolute atomic E-state index is 0.266. The number of nitrogens with one attached hydrogen (secondary N) is 1. The molecule has 0 aliphatic carbocycles. The number of nitrogens with two attached hydrogens (primary N) is 1. The number of fused-ring (bicyclic) bond motifs is 1. The zero-order valence-electron chi connectivity index (χ0n) is 11.9. The van der Waals surface area contributed by atoms with Crippen molar-refractivity contribution in [3.05, 3.63) is 59.2 Å². The second-order valence-corrected chi connectivity index (χ2v) is 5.91. The predicted molar refractivity (Wildman–Crippen MR) is 90.3 cm³/mol. The molecule has 1 amide bonds. The topological polar surface area (TPSA) is 80.4 Å². The molecule has 3 N–H and O–H groups in total. The van der Waals surface area contributed by atoms with Gasteiger partial charge in [-0.1, -0.05) is 41.2 Å². The fourth-order valence-electron chi connectivity index (χ4n) is 2.06. The fourth-order valence-corrected chi connectivity index (χ4v) is 2.84. The summed E-state index contributed by atoms with van der Waals surface area (Å²) >= 11 is 1.35. The Kier molecular flexibility index (Phi) is 3.84. The molecule has 110 valence electrons. The van der Waals surface area contributed by atoms with Crippen LogP contribution in [0.1, 0.15) is 21.5 Å². The quantitative estimate of drug-likeness (QED) is 0.576. The van der Waals surface area contributed by atoms with Gasteiger partial charge in [0.05, 0.1) is 16.4 Å². The number of nitrogens with zero attached hydrogens (tertiary/aromatic N) is 2. The molecule has 2 aromatic carbocycles. The molecule has 0 atom stereocenters. The first kappa shape index (κ1) is 14.2. The van der Waals surface area contributed by atoms with Gasteiger partial charge in [0.2, 0.25) is 0 Å². The molecule has 3 aromatic rings. The maximum absolute atomic E-state index is 12.1. The Morgan fingerprint density at radius 2 is 2.18 bits per heavy atom. The number of carbonyl (C=O) groups is 1. The van der Waals surface area contributed by atoms with Gasteiger partial charge >= 0.3 is 0 Å². The van der Waals surface area contributed by atoms with Crippen molar-refractivity contribution in [2.45, 2.75) is 6.92 Å². The van der Waals surface area contributed by atoms with Crippen LogP contribution in [-0.2, 0) is 0 Å². The molecule has 3 rings (SSSR count). The van der Waals surface area contributed by atoms with Gasteiger partial charge in [0.1, 0.15) is 0 Å². The molecule has 5 nitrogen and oxygen atoms in total. The van der Waals surface area contributed by atoms with Crippen LogP contribution in [0.15, 0.2) is 47.6 Å². The number of aryl methyl sites for hydroxylation is 1. The summed E-state index contributed by atoms with van der Waals surface area (Å²) < 4.78 is 0.882. The monoisotopic (exact) mass is 310 g/mol. The number of hydrazone groups is 1. The standard InChI is InChI=1S/C16H14N4OS/c1-10-3-2-4-11(7-10)9-18-20-15(21)12-5-6-13-14(8-12)22-16(17)19-13/h2-9H,1H3,(H2,17,19)(H,20,21)/b18-9-. The number of carbonyl (C=O) groups excluding carboxylic acids is 1. The van der Waals surface area contributed by atoms with Gasteiger partial charge in [0.25, 0.3) is 5.91 Å². The molecule has 1 heterocycles. The van der Waals surface area contributed by atoms with E-state index < -0.39 is 0 Å².